The molecule has 50 heavy (non-hydrogen) atoms. The van der Waals surface area contributed by atoms with Crippen LogP contribution in [0.15, 0.2) is 36.5 Å². The minimum atomic E-state index is -1.62. The molecule has 0 aliphatic carbocycles. The highest BCUT2D eigenvalue weighted by Crippen LogP contribution is 2.22. The summed E-state index contributed by atoms with van der Waals surface area (Å²) in [6.07, 6.45) is 25.5. The van der Waals surface area contributed by atoms with Gasteiger partial charge in [0, 0.05) is 0 Å². The molecule has 1 aliphatic rings. The van der Waals surface area contributed by atoms with Gasteiger partial charge in [-0.15, -0.1) is 0 Å². The van der Waals surface area contributed by atoms with Crippen LogP contribution in [0, 0.1) is 0 Å². The van der Waals surface area contributed by atoms with Gasteiger partial charge in [0.2, 0.25) is 0 Å². The number of amides is 1. The number of ether oxygens (including phenoxy) is 2. The van der Waals surface area contributed by atoms with Crippen molar-refractivity contribution in [2.45, 2.75) is 198 Å². The van der Waals surface area contributed by atoms with E-state index in [1.807, 2.05) is 6.08 Å². The van der Waals surface area contributed by atoms with E-state index in [4.69, 9.17) is 9.47 Å². The van der Waals surface area contributed by atoms with Gasteiger partial charge in [0.25, 0.3) is 5.91 Å². The fourth-order valence-corrected chi connectivity index (χ4v) is 5.98. The molecule has 0 saturated carbocycles. The second-order valence-corrected chi connectivity index (χ2v) is 13.9. The van der Waals surface area contributed by atoms with Crippen molar-refractivity contribution in [3.05, 3.63) is 36.5 Å². The Morgan fingerprint density at radius 3 is 1.70 bits per heavy atom. The van der Waals surface area contributed by atoms with E-state index < -0.39 is 61.5 Å². The van der Waals surface area contributed by atoms with Crippen molar-refractivity contribution in [2.24, 2.45) is 0 Å². The van der Waals surface area contributed by atoms with E-state index in [-0.39, 0.29) is 6.61 Å². The van der Waals surface area contributed by atoms with E-state index in [9.17, 15) is 35.4 Å². The lowest BCUT2D eigenvalue weighted by Crippen LogP contribution is -2.60. The summed E-state index contributed by atoms with van der Waals surface area (Å²) in [5, 5.41) is 64.1. The van der Waals surface area contributed by atoms with Crippen LogP contribution in [-0.4, -0.2) is 98.7 Å². The summed E-state index contributed by atoms with van der Waals surface area (Å²) in [6, 6.07) is -1.02. The first-order valence-corrected chi connectivity index (χ1v) is 19.8. The molecule has 1 fully saturated rings. The van der Waals surface area contributed by atoms with Gasteiger partial charge in [0.05, 0.1) is 25.4 Å². The minimum Gasteiger partial charge on any atom is -0.394 e. The molecule has 1 aliphatic heterocycles. The molecule has 10 nitrogen and oxygen atoms in total. The van der Waals surface area contributed by atoms with Gasteiger partial charge in [-0.3, -0.25) is 4.79 Å². The van der Waals surface area contributed by atoms with E-state index in [0.29, 0.717) is 6.42 Å². The van der Waals surface area contributed by atoms with Crippen LogP contribution in [0.1, 0.15) is 149 Å². The van der Waals surface area contributed by atoms with Gasteiger partial charge in [-0.05, 0) is 38.5 Å². The lowest BCUT2D eigenvalue weighted by atomic mass is 9.99. The Bertz CT molecular complexity index is 896. The summed E-state index contributed by atoms with van der Waals surface area (Å²) in [4.78, 5) is 12.9. The molecule has 0 spiro atoms. The fraction of sp³-hybridized carbons (Fsp3) is 0.825. The molecule has 0 bridgehead atoms. The summed E-state index contributed by atoms with van der Waals surface area (Å²) >= 11 is 0. The van der Waals surface area contributed by atoms with E-state index in [0.717, 1.165) is 32.1 Å². The summed E-state index contributed by atoms with van der Waals surface area (Å²) < 4.78 is 11.0. The molecule has 0 radical (unpaired) electrons. The Kier molecular flexibility index (Phi) is 28.7. The molecule has 7 N–H and O–H groups in total. The lowest BCUT2D eigenvalue weighted by Gasteiger charge is -2.40. The number of hydrogen-bond acceptors (Lipinski definition) is 9. The highest BCUT2D eigenvalue weighted by atomic mass is 16.7. The van der Waals surface area contributed by atoms with E-state index in [1.165, 1.54) is 102 Å². The summed E-state index contributed by atoms with van der Waals surface area (Å²) in [6.45, 7) is 3.50. The molecule has 1 amide bonds. The monoisotopic (exact) mass is 712 g/mol. The summed E-state index contributed by atoms with van der Waals surface area (Å²) in [5.41, 5.74) is 0. The molecule has 10 heteroatoms. The SMILES string of the molecule is CCCCCCCCC/C=C/CC/C=C/[C@@H](O)[C@H](CO[C@@H]1O[C@H](CO)[C@@H](O)[C@H](O)[C@H]1O)NC(=O)[C@H](O)/C=C/CCCCCCCCCCCC. The van der Waals surface area contributed by atoms with Crippen LogP contribution >= 0.6 is 0 Å². The molecule has 0 aromatic heterocycles. The van der Waals surface area contributed by atoms with Crippen molar-refractivity contribution in [3.63, 3.8) is 0 Å². The number of rotatable bonds is 31. The first kappa shape index (κ1) is 46.4. The normalized spacial score (nSPS) is 23.2. The van der Waals surface area contributed by atoms with Crippen molar-refractivity contribution in [1.82, 2.24) is 5.32 Å². The number of aliphatic hydroxyl groups excluding tert-OH is 6. The van der Waals surface area contributed by atoms with Crippen LogP contribution in [0.25, 0.3) is 0 Å². The van der Waals surface area contributed by atoms with Gasteiger partial charge in [0.15, 0.2) is 12.4 Å². The Morgan fingerprint density at radius 2 is 1.14 bits per heavy atom. The molecular formula is C40H73NO9. The van der Waals surface area contributed by atoms with Gasteiger partial charge in [-0.1, -0.05) is 147 Å². The quantitative estimate of drug-likeness (QED) is 0.0342. The van der Waals surface area contributed by atoms with Crippen LogP contribution in [0.5, 0.6) is 0 Å². The molecule has 1 rings (SSSR count). The van der Waals surface area contributed by atoms with Crippen LogP contribution in [0.2, 0.25) is 0 Å². The maximum atomic E-state index is 12.9. The van der Waals surface area contributed by atoms with Crippen molar-refractivity contribution in [2.75, 3.05) is 13.2 Å². The van der Waals surface area contributed by atoms with Gasteiger partial charge in [-0.25, -0.2) is 0 Å². The van der Waals surface area contributed by atoms with Gasteiger partial charge >= 0.3 is 0 Å². The third-order valence-corrected chi connectivity index (χ3v) is 9.31. The van der Waals surface area contributed by atoms with E-state index >= 15 is 0 Å². The van der Waals surface area contributed by atoms with Crippen LogP contribution < -0.4 is 5.32 Å². The molecule has 0 unspecified atom stereocenters. The van der Waals surface area contributed by atoms with E-state index in [1.54, 1.807) is 12.2 Å². The van der Waals surface area contributed by atoms with Crippen LogP contribution in [-0.2, 0) is 14.3 Å². The average molecular weight is 712 g/mol. The number of carbonyl (C=O) groups excluding carboxylic acids is 1. The number of aliphatic hydroxyl groups is 6. The highest BCUT2D eigenvalue weighted by molar-refractivity contribution is 5.82. The predicted octanol–water partition coefficient (Wildman–Crippen LogP) is 5.91. The van der Waals surface area contributed by atoms with Crippen LogP contribution in [0.3, 0.4) is 0 Å². The molecule has 1 saturated heterocycles. The van der Waals surface area contributed by atoms with Crippen molar-refractivity contribution >= 4 is 5.91 Å². The molecule has 0 aromatic carbocycles. The van der Waals surface area contributed by atoms with E-state index in [2.05, 4.69) is 31.3 Å². The first-order valence-electron chi connectivity index (χ1n) is 19.8. The number of nitrogens with one attached hydrogen (secondary N) is 1. The maximum absolute atomic E-state index is 12.9. The molecule has 8 atom stereocenters. The molecule has 1 heterocycles. The van der Waals surface area contributed by atoms with Gasteiger partial charge < -0.3 is 45.4 Å². The van der Waals surface area contributed by atoms with Crippen molar-refractivity contribution < 1.29 is 44.9 Å². The third kappa shape index (κ3) is 21.7. The highest BCUT2D eigenvalue weighted by Gasteiger charge is 2.44. The summed E-state index contributed by atoms with van der Waals surface area (Å²) in [5.74, 6) is -0.715. The molecular weight excluding hydrogens is 638 g/mol. The Balaban J connectivity index is 2.58. The number of hydrogen-bond donors (Lipinski definition) is 7. The molecule has 292 valence electrons. The maximum Gasteiger partial charge on any atom is 0.253 e. The zero-order valence-electron chi connectivity index (χ0n) is 31.3. The third-order valence-electron chi connectivity index (χ3n) is 9.31. The predicted molar refractivity (Wildman–Crippen MR) is 199 cm³/mol. The zero-order chi connectivity index (χ0) is 36.8. The fourth-order valence-electron chi connectivity index (χ4n) is 5.98. The van der Waals surface area contributed by atoms with Crippen molar-refractivity contribution in [3.8, 4) is 0 Å². The Hall–Kier alpha value is -1.63. The number of allylic oxidation sites excluding steroid dienone is 4. The Morgan fingerprint density at radius 1 is 0.660 bits per heavy atom. The summed E-state index contributed by atoms with van der Waals surface area (Å²) in [7, 11) is 0. The molecule has 0 aromatic rings. The largest absolute Gasteiger partial charge is 0.394 e. The topological polar surface area (TPSA) is 169 Å². The standard InChI is InChI=1S/C40H73NO9/c1-3-5-7-9-11-13-15-17-19-20-22-24-26-28-33(43)32(31-49-40-38(47)37(46)36(45)35(30-42)50-40)41-39(48)34(44)29-27-25-23-21-18-16-14-12-10-8-6-4-2/h19-20,26-29,32-38,40,42-47H,3-18,21-25,30-31H2,1-2H3,(H,41,48)/b20-19+,28-26+,29-27+/t32-,33+,34+,35+,36+,37-,38+,40+/m0/s1. The second-order valence-electron chi connectivity index (χ2n) is 13.9. The van der Waals surface area contributed by atoms with Crippen molar-refractivity contribution in [1.29, 1.82) is 0 Å². The Labute approximate surface area is 303 Å². The zero-order valence-corrected chi connectivity index (χ0v) is 31.3. The number of unbranched alkanes of at least 4 members (excludes halogenated alkanes) is 18. The first-order chi connectivity index (χ1) is 24.3. The average Bonchev–Trinajstić information content (AvgIpc) is 3.11. The van der Waals surface area contributed by atoms with Gasteiger partial charge in [-0.2, -0.15) is 0 Å². The van der Waals surface area contributed by atoms with Gasteiger partial charge in [0.1, 0.15) is 24.4 Å². The van der Waals surface area contributed by atoms with Crippen LogP contribution in [0.4, 0.5) is 0 Å². The smallest absolute Gasteiger partial charge is 0.253 e. The second kappa shape index (κ2) is 30.9. The number of carbonyl (C=O) groups is 1. The lowest BCUT2D eigenvalue weighted by molar-refractivity contribution is -0.302. The minimum absolute atomic E-state index is 0.340.